The smallest absolute Gasteiger partial charge is 0.119 e. The van der Waals surface area contributed by atoms with Crippen LogP contribution < -0.4 is 10.2 Å². The van der Waals surface area contributed by atoms with E-state index in [4.69, 9.17) is 4.98 Å². The summed E-state index contributed by atoms with van der Waals surface area (Å²) >= 11 is 0. The maximum atomic E-state index is 10.6. The molecule has 2 heterocycles. The van der Waals surface area contributed by atoms with Gasteiger partial charge in [-0.05, 0) is 35.9 Å². The largest absolute Gasteiger partial charge is 0.508 e. The third-order valence-corrected chi connectivity index (χ3v) is 5.61. The molecule has 1 aliphatic heterocycles. The number of hydrogen-bond donors (Lipinski definition) is 3. The number of phenolic OH excluding ortho intramolecular Hbond substituents is 1. The van der Waals surface area contributed by atoms with Crippen molar-refractivity contribution in [3.05, 3.63) is 89.7 Å². The van der Waals surface area contributed by atoms with Crippen LogP contribution in [-0.4, -0.2) is 41.3 Å². The molecule has 0 spiro atoms. The molecule has 5 rings (SSSR count). The second-order valence-corrected chi connectivity index (χ2v) is 7.46. The van der Waals surface area contributed by atoms with Gasteiger partial charge < -0.3 is 20.3 Å². The molecule has 5 heteroatoms. The number of aromatic nitrogens is 2. The third-order valence-electron chi connectivity index (χ3n) is 5.61. The molecule has 5 nitrogen and oxygen atoms in total. The molecular weight excluding hydrogens is 360 g/mol. The van der Waals surface area contributed by atoms with Crippen molar-refractivity contribution in [3.8, 4) is 5.75 Å². The number of aromatic amines is 1. The Morgan fingerprint density at radius 2 is 1.69 bits per heavy atom. The number of aromatic hydroxyl groups is 1. The zero-order valence-corrected chi connectivity index (χ0v) is 16.2. The number of anilines is 1. The normalized spacial score (nSPS) is 15.5. The minimum atomic E-state index is -0.175. The molecule has 0 radical (unpaired) electrons. The number of fused-ring (bicyclic) bond motifs is 1. The summed E-state index contributed by atoms with van der Waals surface area (Å²) in [6, 6.07) is 24.2. The molecule has 0 bridgehead atoms. The van der Waals surface area contributed by atoms with E-state index in [1.807, 2.05) is 42.5 Å². The SMILES string of the molecule is Oc1ccccc1C(c1cccc(N2CCNCC2)c1)c1nc2ccccc2[nH]1. The van der Waals surface area contributed by atoms with Crippen LogP contribution in [0.1, 0.15) is 22.9 Å². The first-order chi connectivity index (χ1) is 14.3. The topological polar surface area (TPSA) is 64.2 Å². The summed E-state index contributed by atoms with van der Waals surface area (Å²) in [7, 11) is 0. The highest BCUT2D eigenvalue weighted by Gasteiger charge is 2.24. The molecular formula is C24H24N4O. The fraction of sp³-hybridized carbons (Fsp3) is 0.208. The summed E-state index contributed by atoms with van der Waals surface area (Å²) in [5.41, 5.74) is 5.11. The first kappa shape index (κ1) is 17.8. The lowest BCUT2D eigenvalue weighted by atomic mass is 9.89. The Kier molecular flexibility index (Phi) is 4.66. The van der Waals surface area contributed by atoms with Crippen molar-refractivity contribution in [1.29, 1.82) is 0 Å². The highest BCUT2D eigenvalue weighted by molar-refractivity contribution is 5.75. The summed E-state index contributed by atoms with van der Waals surface area (Å²) in [4.78, 5) is 10.7. The predicted octanol–water partition coefficient (Wildman–Crippen LogP) is 3.86. The summed E-state index contributed by atoms with van der Waals surface area (Å²) < 4.78 is 0. The predicted molar refractivity (Wildman–Crippen MR) is 117 cm³/mol. The van der Waals surface area contributed by atoms with E-state index in [1.165, 1.54) is 5.69 Å². The van der Waals surface area contributed by atoms with Crippen LogP contribution in [0, 0.1) is 0 Å². The van der Waals surface area contributed by atoms with Crippen molar-refractivity contribution in [2.75, 3.05) is 31.1 Å². The lowest BCUT2D eigenvalue weighted by molar-refractivity contribution is 0.466. The number of rotatable bonds is 4. The van der Waals surface area contributed by atoms with Gasteiger partial charge in [0, 0.05) is 37.4 Å². The van der Waals surface area contributed by atoms with E-state index in [2.05, 4.69) is 39.5 Å². The molecule has 3 N–H and O–H groups in total. The van der Waals surface area contributed by atoms with Crippen LogP contribution in [0.15, 0.2) is 72.8 Å². The van der Waals surface area contributed by atoms with E-state index in [1.54, 1.807) is 6.07 Å². The van der Waals surface area contributed by atoms with Crippen molar-refractivity contribution in [1.82, 2.24) is 15.3 Å². The van der Waals surface area contributed by atoms with Crippen LogP contribution in [0.2, 0.25) is 0 Å². The fourth-order valence-corrected chi connectivity index (χ4v) is 4.15. The Balaban J connectivity index is 1.63. The highest BCUT2D eigenvalue weighted by atomic mass is 16.3. The van der Waals surface area contributed by atoms with Crippen LogP contribution in [0.25, 0.3) is 11.0 Å². The molecule has 1 unspecified atom stereocenters. The van der Waals surface area contributed by atoms with Gasteiger partial charge in [-0.3, -0.25) is 0 Å². The molecule has 1 saturated heterocycles. The Morgan fingerprint density at radius 3 is 2.52 bits per heavy atom. The quantitative estimate of drug-likeness (QED) is 0.500. The van der Waals surface area contributed by atoms with Crippen LogP contribution >= 0.6 is 0 Å². The number of phenols is 1. The zero-order chi connectivity index (χ0) is 19.6. The van der Waals surface area contributed by atoms with Gasteiger partial charge in [-0.2, -0.15) is 0 Å². The van der Waals surface area contributed by atoms with E-state index in [0.29, 0.717) is 0 Å². The molecule has 4 aromatic rings. The van der Waals surface area contributed by atoms with Crippen LogP contribution in [-0.2, 0) is 0 Å². The van der Waals surface area contributed by atoms with Gasteiger partial charge in [0.05, 0.1) is 17.0 Å². The number of para-hydroxylation sites is 3. The summed E-state index contributed by atoms with van der Waals surface area (Å²) in [5, 5.41) is 14.0. The number of nitrogens with one attached hydrogen (secondary N) is 2. The average molecular weight is 384 g/mol. The van der Waals surface area contributed by atoms with Gasteiger partial charge in [-0.1, -0.05) is 42.5 Å². The number of imidazole rings is 1. The molecule has 3 aromatic carbocycles. The molecule has 0 amide bonds. The second-order valence-electron chi connectivity index (χ2n) is 7.46. The summed E-state index contributed by atoms with van der Waals surface area (Å²) in [6.45, 7) is 3.98. The molecule has 146 valence electrons. The summed E-state index contributed by atoms with van der Waals surface area (Å²) in [6.07, 6.45) is 0. The lowest BCUT2D eigenvalue weighted by Crippen LogP contribution is -2.43. The van der Waals surface area contributed by atoms with Crippen molar-refractivity contribution < 1.29 is 5.11 Å². The van der Waals surface area contributed by atoms with Gasteiger partial charge >= 0.3 is 0 Å². The fourth-order valence-electron chi connectivity index (χ4n) is 4.15. The maximum Gasteiger partial charge on any atom is 0.119 e. The standard InChI is InChI=1S/C24H24N4O/c29-22-11-4-1-8-19(22)23(24-26-20-9-2-3-10-21(20)27-24)17-6-5-7-18(16-17)28-14-12-25-13-15-28/h1-11,16,23,25,29H,12-15H2,(H,26,27). The van der Waals surface area contributed by atoms with E-state index in [9.17, 15) is 5.11 Å². The van der Waals surface area contributed by atoms with Crippen LogP contribution in [0.4, 0.5) is 5.69 Å². The molecule has 1 aliphatic rings. The maximum absolute atomic E-state index is 10.6. The van der Waals surface area contributed by atoms with Gasteiger partial charge in [-0.25, -0.2) is 4.98 Å². The number of nitrogens with zero attached hydrogens (tertiary/aromatic N) is 2. The Bertz CT molecular complexity index is 1100. The van der Waals surface area contributed by atoms with Crippen molar-refractivity contribution in [2.24, 2.45) is 0 Å². The zero-order valence-electron chi connectivity index (χ0n) is 16.2. The third kappa shape index (κ3) is 3.45. The van der Waals surface area contributed by atoms with Crippen molar-refractivity contribution in [3.63, 3.8) is 0 Å². The van der Waals surface area contributed by atoms with E-state index < -0.39 is 0 Å². The molecule has 29 heavy (non-hydrogen) atoms. The number of hydrogen-bond acceptors (Lipinski definition) is 4. The van der Waals surface area contributed by atoms with Crippen LogP contribution in [0.3, 0.4) is 0 Å². The van der Waals surface area contributed by atoms with Crippen LogP contribution in [0.5, 0.6) is 5.75 Å². The lowest BCUT2D eigenvalue weighted by Gasteiger charge is -2.30. The van der Waals surface area contributed by atoms with Crippen molar-refractivity contribution >= 4 is 16.7 Å². The van der Waals surface area contributed by atoms with E-state index in [0.717, 1.165) is 54.2 Å². The average Bonchev–Trinajstić information content (AvgIpc) is 3.20. The van der Waals surface area contributed by atoms with Crippen molar-refractivity contribution in [2.45, 2.75) is 5.92 Å². The molecule has 0 aliphatic carbocycles. The van der Waals surface area contributed by atoms with E-state index >= 15 is 0 Å². The molecule has 1 fully saturated rings. The minimum Gasteiger partial charge on any atom is -0.508 e. The van der Waals surface area contributed by atoms with Gasteiger partial charge in [0.25, 0.3) is 0 Å². The van der Waals surface area contributed by atoms with Gasteiger partial charge in [-0.15, -0.1) is 0 Å². The van der Waals surface area contributed by atoms with Gasteiger partial charge in [0.15, 0.2) is 0 Å². The molecule has 1 atom stereocenters. The first-order valence-corrected chi connectivity index (χ1v) is 10.1. The summed E-state index contributed by atoms with van der Waals surface area (Å²) in [5.74, 6) is 0.946. The van der Waals surface area contributed by atoms with E-state index in [-0.39, 0.29) is 11.7 Å². The first-order valence-electron chi connectivity index (χ1n) is 10.1. The number of benzene rings is 3. The number of H-pyrrole nitrogens is 1. The minimum absolute atomic E-state index is 0.175. The van der Waals surface area contributed by atoms with Gasteiger partial charge in [0.2, 0.25) is 0 Å². The Morgan fingerprint density at radius 1 is 0.897 bits per heavy atom. The monoisotopic (exact) mass is 384 g/mol. The Labute approximate surface area is 170 Å². The highest BCUT2D eigenvalue weighted by Crippen LogP contribution is 2.37. The molecule has 0 saturated carbocycles. The molecule has 1 aromatic heterocycles. The second kappa shape index (κ2) is 7.60. The Hall–Kier alpha value is -3.31. The number of piperazine rings is 1. The van der Waals surface area contributed by atoms with Gasteiger partial charge in [0.1, 0.15) is 11.6 Å².